The maximum absolute atomic E-state index is 13.1. The van der Waals surface area contributed by atoms with E-state index in [0.29, 0.717) is 25.8 Å². The molecule has 1 heterocycles. The van der Waals surface area contributed by atoms with Gasteiger partial charge in [-0.05, 0) is 43.4 Å². The van der Waals surface area contributed by atoms with Gasteiger partial charge in [0.1, 0.15) is 17.8 Å². The molecule has 33 heavy (non-hydrogen) atoms. The quantitative estimate of drug-likeness (QED) is 0.249. The summed E-state index contributed by atoms with van der Waals surface area (Å²) in [5.41, 5.74) is 13.5. The Bertz CT molecular complexity index is 919. The van der Waals surface area contributed by atoms with Crippen molar-refractivity contribution in [1.29, 1.82) is 5.53 Å². The number of nitrogens with two attached hydrogens (primary N) is 1. The number of nitrogens with zero attached hydrogens (tertiary/aromatic N) is 2. The minimum Gasteiger partial charge on any atom is -0.481 e. The Morgan fingerprint density at radius 3 is 2.61 bits per heavy atom. The predicted molar refractivity (Wildman–Crippen MR) is 121 cm³/mol. The smallest absolute Gasteiger partial charge is 0.305 e. The normalized spacial score (nSPS) is 17.5. The molecule has 1 aromatic rings. The number of nitrogens with one attached hydrogen (secondary N) is 3. The Balaban J connectivity index is 2.12. The lowest BCUT2D eigenvalue weighted by molar-refractivity contribution is -0.140. The van der Waals surface area contributed by atoms with Crippen molar-refractivity contribution >= 4 is 35.1 Å². The number of carbonyl (C=O) groups excluding carboxylic acids is 3. The van der Waals surface area contributed by atoms with Crippen LogP contribution in [0, 0.1) is 11.4 Å². The number of carboxylic acid groups (broad SMARTS) is 1. The number of hydrogen-bond acceptors (Lipinski definition) is 7. The number of hydrogen-bond donors (Lipinski definition) is 5. The summed E-state index contributed by atoms with van der Waals surface area (Å²) >= 11 is 0. The summed E-state index contributed by atoms with van der Waals surface area (Å²) in [5.74, 6) is -2.15. The topological polar surface area (TPSA) is 178 Å². The van der Waals surface area contributed by atoms with Gasteiger partial charge in [-0.1, -0.05) is 20.8 Å². The SMILES string of the molecule is CC[C@H](CC(=O)O)NC(=O)[C@H](CC(C)C)N1CC[C@@H](NC(=O)c2ccc(N)c(N=N)c2)C1=O. The highest BCUT2D eigenvalue weighted by atomic mass is 16.4. The van der Waals surface area contributed by atoms with Crippen LogP contribution in [0.4, 0.5) is 11.4 Å². The number of carbonyl (C=O) groups is 4. The molecule has 0 saturated carbocycles. The van der Waals surface area contributed by atoms with Crippen LogP contribution >= 0.6 is 0 Å². The summed E-state index contributed by atoms with van der Waals surface area (Å²) in [6.07, 6.45) is 1.00. The molecule has 1 fully saturated rings. The average Bonchev–Trinajstić information content (AvgIpc) is 3.10. The van der Waals surface area contributed by atoms with E-state index in [1.807, 2.05) is 13.8 Å². The molecule has 0 unspecified atom stereocenters. The van der Waals surface area contributed by atoms with E-state index in [0.717, 1.165) is 0 Å². The summed E-state index contributed by atoms with van der Waals surface area (Å²) in [6.45, 7) is 5.95. The molecule has 180 valence electrons. The van der Waals surface area contributed by atoms with Crippen LogP contribution in [0.25, 0.3) is 0 Å². The molecule has 3 atom stereocenters. The third kappa shape index (κ3) is 6.74. The monoisotopic (exact) mass is 460 g/mol. The molecule has 1 aliphatic heterocycles. The van der Waals surface area contributed by atoms with Crippen LogP contribution in [0.3, 0.4) is 0 Å². The second kappa shape index (κ2) is 11.4. The summed E-state index contributed by atoms with van der Waals surface area (Å²) in [6, 6.07) is 2.24. The fourth-order valence-corrected chi connectivity index (χ4v) is 3.80. The van der Waals surface area contributed by atoms with Gasteiger partial charge in [-0.3, -0.25) is 19.2 Å². The van der Waals surface area contributed by atoms with Crippen LogP contribution < -0.4 is 16.4 Å². The Morgan fingerprint density at radius 1 is 1.33 bits per heavy atom. The highest BCUT2D eigenvalue weighted by Crippen LogP contribution is 2.24. The first-order chi connectivity index (χ1) is 15.6. The lowest BCUT2D eigenvalue weighted by atomic mass is 10.0. The van der Waals surface area contributed by atoms with Gasteiger partial charge in [0.2, 0.25) is 11.8 Å². The molecule has 1 aromatic carbocycles. The molecule has 0 bridgehead atoms. The molecule has 1 saturated heterocycles. The molecule has 11 heteroatoms. The van der Waals surface area contributed by atoms with Crippen LogP contribution in [0.1, 0.15) is 56.8 Å². The van der Waals surface area contributed by atoms with Crippen molar-refractivity contribution in [3.05, 3.63) is 23.8 Å². The number of likely N-dealkylation sites (tertiary alicyclic amines) is 1. The van der Waals surface area contributed by atoms with Gasteiger partial charge in [-0.25, -0.2) is 5.53 Å². The summed E-state index contributed by atoms with van der Waals surface area (Å²) < 4.78 is 0. The number of carboxylic acids is 1. The van der Waals surface area contributed by atoms with Gasteiger partial charge in [0, 0.05) is 18.2 Å². The van der Waals surface area contributed by atoms with Crippen LogP contribution in [0.2, 0.25) is 0 Å². The van der Waals surface area contributed by atoms with Crippen molar-refractivity contribution in [3.8, 4) is 0 Å². The van der Waals surface area contributed by atoms with Crippen molar-refractivity contribution in [1.82, 2.24) is 15.5 Å². The number of nitrogen functional groups attached to an aromatic ring is 1. The molecular weight excluding hydrogens is 428 g/mol. The van der Waals surface area contributed by atoms with Gasteiger partial charge < -0.3 is 26.4 Å². The van der Waals surface area contributed by atoms with Crippen LogP contribution in [0.15, 0.2) is 23.3 Å². The fourth-order valence-electron chi connectivity index (χ4n) is 3.80. The van der Waals surface area contributed by atoms with Crippen molar-refractivity contribution in [2.45, 2.75) is 64.6 Å². The number of amides is 3. The van der Waals surface area contributed by atoms with E-state index in [-0.39, 0.29) is 35.2 Å². The number of aliphatic carboxylic acids is 1. The van der Waals surface area contributed by atoms with Crippen molar-refractivity contribution in [2.24, 2.45) is 11.0 Å². The molecule has 3 amide bonds. The largest absolute Gasteiger partial charge is 0.481 e. The number of benzene rings is 1. The van der Waals surface area contributed by atoms with Gasteiger partial charge >= 0.3 is 5.97 Å². The van der Waals surface area contributed by atoms with E-state index in [9.17, 15) is 19.2 Å². The maximum Gasteiger partial charge on any atom is 0.305 e. The molecule has 11 nitrogen and oxygen atoms in total. The Hall–Kier alpha value is -3.50. The highest BCUT2D eigenvalue weighted by Gasteiger charge is 2.40. The van der Waals surface area contributed by atoms with Crippen molar-refractivity contribution in [2.75, 3.05) is 12.3 Å². The zero-order chi connectivity index (χ0) is 24.7. The van der Waals surface area contributed by atoms with E-state index in [1.54, 1.807) is 6.92 Å². The minimum absolute atomic E-state index is 0.114. The van der Waals surface area contributed by atoms with E-state index in [1.165, 1.54) is 23.1 Å². The summed E-state index contributed by atoms with van der Waals surface area (Å²) in [4.78, 5) is 51.2. The second-order valence-corrected chi connectivity index (χ2v) is 8.59. The average molecular weight is 461 g/mol. The zero-order valence-corrected chi connectivity index (χ0v) is 19.1. The molecule has 0 spiro atoms. The first-order valence-corrected chi connectivity index (χ1v) is 11.0. The van der Waals surface area contributed by atoms with E-state index in [2.05, 4.69) is 15.7 Å². The zero-order valence-electron chi connectivity index (χ0n) is 19.1. The summed E-state index contributed by atoms with van der Waals surface area (Å²) in [7, 11) is 0. The van der Waals surface area contributed by atoms with Gasteiger partial charge in [-0.15, -0.1) is 0 Å². The second-order valence-electron chi connectivity index (χ2n) is 8.59. The highest BCUT2D eigenvalue weighted by molar-refractivity contribution is 6.00. The van der Waals surface area contributed by atoms with Crippen molar-refractivity contribution in [3.63, 3.8) is 0 Å². The molecule has 6 N–H and O–H groups in total. The molecular formula is C22H32N6O5. The van der Waals surface area contributed by atoms with Crippen molar-refractivity contribution < 1.29 is 24.3 Å². The fraction of sp³-hybridized carbons (Fsp3) is 0.545. The van der Waals surface area contributed by atoms with Gasteiger partial charge in [0.15, 0.2) is 0 Å². The predicted octanol–water partition coefficient (Wildman–Crippen LogP) is 2.05. The Labute approximate surface area is 192 Å². The van der Waals surface area contributed by atoms with Gasteiger partial charge in [-0.2, -0.15) is 5.11 Å². The van der Waals surface area contributed by atoms with Crippen LogP contribution in [0.5, 0.6) is 0 Å². The third-order valence-electron chi connectivity index (χ3n) is 5.59. The lowest BCUT2D eigenvalue weighted by Gasteiger charge is -2.30. The van der Waals surface area contributed by atoms with Crippen LogP contribution in [-0.4, -0.2) is 58.4 Å². The third-order valence-corrected chi connectivity index (χ3v) is 5.59. The lowest BCUT2D eigenvalue weighted by Crippen LogP contribution is -2.53. The van der Waals surface area contributed by atoms with Gasteiger partial charge in [0.05, 0.1) is 12.1 Å². The van der Waals surface area contributed by atoms with E-state index < -0.39 is 35.9 Å². The molecule has 2 rings (SSSR count). The summed E-state index contributed by atoms with van der Waals surface area (Å²) in [5, 5.41) is 17.8. The van der Waals surface area contributed by atoms with E-state index >= 15 is 0 Å². The Kier molecular flexibility index (Phi) is 8.89. The first-order valence-electron chi connectivity index (χ1n) is 11.0. The molecule has 1 aliphatic rings. The van der Waals surface area contributed by atoms with Gasteiger partial charge in [0.25, 0.3) is 5.91 Å². The molecule has 0 aliphatic carbocycles. The standard InChI is InChI=1S/C22H32N6O5/c1-4-14(11-19(29)30)25-21(32)18(9-12(2)3)28-8-7-16(22(28)33)26-20(31)13-5-6-15(23)17(10-13)27-24/h5-6,10,12,14,16,18,24H,4,7-9,11,23H2,1-3H3,(H,25,32)(H,26,31)(H,29,30)/t14-,16-,18+/m1/s1. The molecule has 0 radical (unpaired) electrons. The van der Waals surface area contributed by atoms with Crippen LogP contribution in [-0.2, 0) is 14.4 Å². The molecule has 0 aromatic heterocycles. The minimum atomic E-state index is -1.01. The Morgan fingerprint density at radius 2 is 2.03 bits per heavy atom. The first kappa shape index (κ1) is 25.8. The number of anilines is 1. The number of rotatable bonds is 11. The van der Waals surface area contributed by atoms with E-state index in [4.69, 9.17) is 16.4 Å². The maximum atomic E-state index is 13.1.